The van der Waals surface area contributed by atoms with Crippen molar-refractivity contribution in [3.8, 4) is 0 Å². The van der Waals surface area contributed by atoms with Gasteiger partial charge in [-0.3, -0.25) is 4.79 Å². The van der Waals surface area contributed by atoms with Crippen LogP contribution in [0.1, 0.15) is 5.69 Å². The first kappa shape index (κ1) is 13.6. The van der Waals surface area contributed by atoms with Crippen LogP contribution in [0, 0.1) is 0 Å². The van der Waals surface area contributed by atoms with Gasteiger partial charge < -0.3 is 10.6 Å². The number of rotatable bonds is 5. The monoisotopic (exact) mass is 320 g/mol. The molecule has 1 aromatic carbocycles. The van der Waals surface area contributed by atoms with Crippen LogP contribution in [0.2, 0.25) is 0 Å². The molecule has 19 heavy (non-hydrogen) atoms. The van der Waals surface area contributed by atoms with Crippen LogP contribution >= 0.6 is 15.9 Å². The van der Waals surface area contributed by atoms with E-state index in [-0.39, 0.29) is 12.5 Å². The van der Waals surface area contributed by atoms with Crippen molar-refractivity contribution >= 4 is 27.5 Å². The summed E-state index contributed by atoms with van der Waals surface area (Å²) in [6, 6.07) is 9.29. The molecule has 0 fully saturated rings. The fraction of sp³-hybridized carbons (Fsp3) is 0.154. The highest BCUT2D eigenvalue weighted by Gasteiger charge is 2.04. The summed E-state index contributed by atoms with van der Waals surface area (Å²) < 4.78 is 0.860. The zero-order valence-electron chi connectivity index (χ0n) is 10.1. The van der Waals surface area contributed by atoms with Gasteiger partial charge in [-0.2, -0.15) is 0 Å². The number of benzene rings is 1. The Hall–Kier alpha value is -1.79. The summed E-state index contributed by atoms with van der Waals surface area (Å²) in [6.45, 7) is 0.761. The van der Waals surface area contributed by atoms with Crippen LogP contribution < -0.4 is 10.6 Å². The molecule has 0 atom stereocenters. The van der Waals surface area contributed by atoms with Gasteiger partial charge in [0.25, 0.3) is 0 Å². The molecule has 0 radical (unpaired) electrons. The molecule has 1 heterocycles. The largest absolute Gasteiger partial charge is 0.324 e. The highest BCUT2D eigenvalue weighted by atomic mass is 79.9. The lowest BCUT2D eigenvalue weighted by Crippen LogP contribution is -2.28. The maximum atomic E-state index is 11.7. The molecule has 0 unspecified atom stereocenters. The number of hydrogen-bond donors (Lipinski definition) is 2. The minimum atomic E-state index is -0.0963. The number of carbonyl (C=O) groups excluding carboxylic acids is 1. The van der Waals surface area contributed by atoms with Crippen LogP contribution in [0.5, 0.6) is 0 Å². The first-order valence-corrected chi connectivity index (χ1v) is 6.55. The molecular formula is C13H13BrN4O. The zero-order chi connectivity index (χ0) is 13.5. The molecule has 0 saturated heterocycles. The SMILES string of the molecule is O=C(CNCc1ccncn1)Nc1ccccc1Br. The maximum absolute atomic E-state index is 11.7. The van der Waals surface area contributed by atoms with Crippen LogP contribution in [-0.4, -0.2) is 22.4 Å². The van der Waals surface area contributed by atoms with E-state index in [9.17, 15) is 4.79 Å². The van der Waals surface area contributed by atoms with Crippen molar-refractivity contribution in [2.75, 3.05) is 11.9 Å². The third kappa shape index (κ3) is 4.42. The molecule has 6 heteroatoms. The number of carbonyl (C=O) groups is 1. The molecule has 5 nitrogen and oxygen atoms in total. The Morgan fingerprint density at radius 1 is 1.26 bits per heavy atom. The van der Waals surface area contributed by atoms with Crippen molar-refractivity contribution in [2.45, 2.75) is 6.54 Å². The van der Waals surface area contributed by atoms with Crippen LogP contribution in [0.4, 0.5) is 5.69 Å². The first-order chi connectivity index (χ1) is 9.25. The van der Waals surface area contributed by atoms with E-state index in [1.54, 1.807) is 12.3 Å². The maximum Gasteiger partial charge on any atom is 0.238 e. The number of nitrogens with zero attached hydrogens (tertiary/aromatic N) is 2. The molecule has 0 aliphatic carbocycles. The van der Waals surface area contributed by atoms with E-state index < -0.39 is 0 Å². The molecule has 1 amide bonds. The van der Waals surface area contributed by atoms with Gasteiger partial charge in [-0.1, -0.05) is 12.1 Å². The number of nitrogens with one attached hydrogen (secondary N) is 2. The van der Waals surface area contributed by atoms with Gasteiger partial charge in [0, 0.05) is 17.2 Å². The summed E-state index contributed by atoms with van der Waals surface area (Å²) >= 11 is 3.38. The summed E-state index contributed by atoms with van der Waals surface area (Å²) in [5.41, 5.74) is 1.61. The molecule has 2 aromatic rings. The van der Waals surface area contributed by atoms with Crippen LogP contribution in [0.15, 0.2) is 47.3 Å². The Morgan fingerprint density at radius 3 is 2.84 bits per heavy atom. The third-order valence-electron chi connectivity index (χ3n) is 2.38. The standard InChI is InChI=1S/C13H13BrN4O/c14-11-3-1-2-4-12(11)18-13(19)8-16-7-10-5-6-15-9-17-10/h1-6,9,16H,7-8H2,(H,18,19). The second kappa shape index (κ2) is 6.96. The lowest BCUT2D eigenvalue weighted by molar-refractivity contribution is -0.115. The number of hydrogen-bond acceptors (Lipinski definition) is 4. The minimum Gasteiger partial charge on any atom is -0.324 e. The lowest BCUT2D eigenvalue weighted by atomic mass is 10.3. The second-order valence-electron chi connectivity index (χ2n) is 3.83. The van der Waals surface area contributed by atoms with Gasteiger partial charge in [0.15, 0.2) is 0 Å². The number of amides is 1. The molecule has 1 aromatic heterocycles. The smallest absolute Gasteiger partial charge is 0.238 e. The lowest BCUT2D eigenvalue weighted by Gasteiger charge is -2.07. The van der Waals surface area contributed by atoms with Gasteiger partial charge in [0.2, 0.25) is 5.91 Å². The molecule has 0 aliphatic heterocycles. The van der Waals surface area contributed by atoms with Gasteiger partial charge in [-0.15, -0.1) is 0 Å². The second-order valence-corrected chi connectivity index (χ2v) is 4.69. The third-order valence-corrected chi connectivity index (χ3v) is 3.07. The van der Waals surface area contributed by atoms with E-state index in [1.165, 1.54) is 6.33 Å². The Balaban J connectivity index is 1.78. The predicted molar refractivity (Wildman–Crippen MR) is 76.5 cm³/mol. The summed E-state index contributed by atoms with van der Waals surface area (Å²) in [6.07, 6.45) is 3.16. The number of para-hydroxylation sites is 1. The van der Waals surface area contributed by atoms with E-state index in [1.807, 2.05) is 24.3 Å². The average molecular weight is 321 g/mol. The molecule has 98 valence electrons. The molecule has 0 spiro atoms. The van der Waals surface area contributed by atoms with E-state index >= 15 is 0 Å². The Labute approximate surface area is 119 Å². The Morgan fingerprint density at radius 2 is 2.11 bits per heavy atom. The van der Waals surface area contributed by atoms with Gasteiger partial charge in [-0.05, 0) is 34.1 Å². The average Bonchev–Trinajstić information content (AvgIpc) is 2.43. The van der Waals surface area contributed by atoms with Gasteiger partial charge in [0.05, 0.1) is 17.9 Å². The quantitative estimate of drug-likeness (QED) is 0.883. The van der Waals surface area contributed by atoms with Crippen molar-refractivity contribution in [1.82, 2.24) is 15.3 Å². The van der Waals surface area contributed by atoms with Crippen molar-refractivity contribution in [1.29, 1.82) is 0 Å². The Kier molecular flexibility index (Phi) is 5.00. The molecule has 0 bridgehead atoms. The first-order valence-electron chi connectivity index (χ1n) is 5.75. The van der Waals surface area contributed by atoms with Crippen molar-refractivity contribution in [3.63, 3.8) is 0 Å². The van der Waals surface area contributed by atoms with E-state index in [0.717, 1.165) is 15.9 Å². The van der Waals surface area contributed by atoms with Crippen molar-refractivity contribution < 1.29 is 4.79 Å². The van der Waals surface area contributed by atoms with Gasteiger partial charge in [0.1, 0.15) is 6.33 Å². The van der Waals surface area contributed by atoms with Crippen LogP contribution in [-0.2, 0) is 11.3 Å². The summed E-state index contributed by atoms with van der Waals surface area (Å²) in [5, 5.41) is 5.84. The highest BCUT2D eigenvalue weighted by Crippen LogP contribution is 2.20. The van der Waals surface area contributed by atoms with Crippen molar-refractivity contribution in [2.24, 2.45) is 0 Å². The number of halogens is 1. The topological polar surface area (TPSA) is 66.9 Å². The Bertz CT molecular complexity index is 547. The summed E-state index contributed by atoms with van der Waals surface area (Å²) in [5.74, 6) is -0.0963. The fourth-order valence-corrected chi connectivity index (χ4v) is 1.87. The minimum absolute atomic E-state index is 0.0963. The summed E-state index contributed by atoms with van der Waals surface area (Å²) in [7, 11) is 0. The molecule has 2 N–H and O–H groups in total. The van der Waals surface area contributed by atoms with Crippen LogP contribution in [0.25, 0.3) is 0 Å². The zero-order valence-corrected chi connectivity index (χ0v) is 11.7. The summed E-state index contributed by atoms with van der Waals surface area (Å²) in [4.78, 5) is 19.6. The molecule has 0 aliphatic rings. The molecule has 0 saturated carbocycles. The van der Waals surface area contributed by atoms with Gasteiger partial charge >= 0.3 is 0 Å². The van der Waals surface area contributed by atoms with Crippen molar-refractivity contribution in [3.05, 3.63) is 53.0 Å². The van der Waals surface area contributed by atoms with Gasteiger partial charge in [-0.25, -0.2) is 9.97 Å². The number of aromatic nitrogens is 2. The normalized spacial score (nSPS) is 10.2. The molecular weight excluding hydrogens is 308 g/mol. The predicted octanol–water partition coefficient (Wildman–Crippen LogP) is 1.97. The van der Waals surface area contributed by atoms with E-state index in [0.29, 0.717) is 6.54 Å². The van der Waals surface area contributed by atoms with E-state index in [2.05, 4.69) is 36.5 Å². The van der Waals surface area contributed by atoms with Crippen LogP contribution in [0.3, 0.4) is 0 Å². The molecule has 2 rings (SSSR count). The fourth-order valence-electron chi connectivity index (χ4n) is 1.48. The highest BCUT2D eigenvalue weighted by molar-refractivity contribution is 9.10. The number of anilines is 1. The van der Waals surface area contributed by atoms with E-state index in [4.69, 9.17) is 0 Å².